The van der Waals surface area contributed by atoms with Crippen LogP contribution in [0.2, 0.25) is 10.0 Å². The average molecular weight is 461 g/mol. The van der Waals surface area contributed by atoms with Crippen LogP contribution in [-0.4, -0.2) is 65.1 Å². The van der Waals surface area contributed by atoms with Crippen molar-refractivity contribution in [1.29, 1.82) is 0 Å². The van der Waals surface area contributed by atoms with Gasteiger partial charge in [-0.3, -0.25) is 4.79 Å². The van der Waals surface area contributed by atoms with E-state index < -0.39 is 23.7 Å². The summed E-state index contributed by atoms with van der Waals surface area (Å²) in [5, 5.41) is 13.1. The molecule has 9 nitrogen and oxygen atoms in total. The highest BCUT2D eigenvalue weighted by Crippen LogP contribution is 2.35. The molecule has 2 aliphatic rings. The molecule has 2 aromatic heterocycles. The largest absolute Gasteiger partial charge is 0.477 e. The Morgan fingerprint density at radius 3 is 2.69 bits per heavy atom. The molecule has 4 rings (SSSR count). The molecule has 29 heavy (non-hydrogen) atoms. The Morgan fingerprint density at radius 1 is 1.38 bits per heavy atom. The predicted octanol–water partition coefficient (Wildman–Crippen LogP) is 2.54. The van der Waals surface area contributed by atoms with Gasteiger partial charge < -0.3 is 29.8 Å². The second-order valence-corrected chi connectivity index (χ2v) is 8.58. The number of hydrogen-bond donors (Lipinski definition) is 3. The second kappa shape index (κ2) is 7.77. The number of aromatic amines is 1. The number of carboxylic acids is 1. The maximum atomic E-state index is 12.8. The highest BCUT2D eigenvalue weighted by atomic mass is 35.5. The molecular formula is C17H18Cl2N4O5S. The molecule has 1 amide bonds. The van der Waals surface area contributed by atoms with Crippen LogP contribution in [0.4, 0.5) is 5.13 Å². The smallest absolute Gasteiger partial charge is 0.347 e. The molecule has 4 heterocycles. The second-order valence-electron chi connectivity index (χ2n) is 6.81. The number of ether oxygens (including phenoxy) is 2. The molecule has 0 aromatic carbocycles. The molecule has 3 N–H and O–H groups in total. The van der Waals surface area contributed by atoms with E-state index in [0.717, 1.165) is 11.3 Å². The van der Waals surface area contributed by atoms with Gasteiger partial charge in [0.1, 0.15) is 10.6 Å². The molecule has 2 aromatic rings. The van der Waals surface area contributed by atoms with Gasteiger partial charge in [0, 0.05) is 12.2 Å². The minimum absolute atomic E-state index is 0.159. The summed E-state index contributed by atoms with van der Waals surface area (Å²) < 4.78 is 11.8. The standard InChI is InChI=1S/C17H18Cl2N4O5S/c1-8-11(18)12(19)13(21-8)14(24)22-10-2-3-23(7-17(10)27-4-5-28-17)16-20-6-9(29-16)15(25)26/h6,10,21H,2-5,7H2,1H3,(H,22,24)(H,25,26)/t10-/m1/s1. The van der Waals surface area contributed by atoms with Gasteiger partial charge in [0.25, 0.3) is 5.91 Å². The number of aromatic nitrogens is 2. The maximum absolute atomic E-state index is 12.8. The van der Waals surface area contributed by atoms with Gasteiger partial charge >= 0.3 is 5.97 Å². The molecule has 0 aliphatic carbocycles. The number of aromatic carboxylic acids is 1. The molecule has 1 atom stereocenters. The van der Waals surface area contributed by atoms with E-state index in [4.69, 9.17) is 37.8 Å². The predicted molar refractivity (Wildman–Crippen MR) is 107 cm³/mol. The van der Waals surface area contributed by atoms with Gasteiger partial charge in [0.05, 0.1) is 42.0 Å². The summed E-state index contributed by atoms with van der Waals surface area (Å²) in [5.74, 6) is -2.47. The number of carbonyl (C=O) groups excluding carboxylic acids is 1. The number of thiazole rings is 1. The number of halogens is 2. The van der Waals surface area contributed by atoms with Crippen molar-refractivity contribution in [1.82, 2.24) is 15.3 Å². The Labute approximate surface area is 179 Å². The highest BCUT2D eigenvalue weighted by molar-refractivity contribution is 7.17. The first-order chi connectivity index (χ1) is 13.8. The Morgan fingerprint density at radius 2 is 2.10 bits per heavy atom. The lowest BCUT2D eigenvalue weighted by Crippen LogP contribution is -2.63. The maximum Gasteiger partial charge on any atom is 0.347 e. The van der Waals surface area contributed by atoms with Crippen molar-refractivity contribution in [2.75, 3.05) is 31.2 Å². The molecule has 0 unspecified atom stereocenters. The lowest BCUT2D eigenvalue weighted by Gasteiger charge is -2.44. The first-order valence-electron chi connectivity index (χ1n) is 8.87. The van der Waals surface area contributed by atoms with Crippen LogP contribution in [0.25, 0.3) is 0 Å². The first kappa shape index (κ1) is 20.4. The molecule has 0 bridgehead atoms. The van der Waals surface area contributed by atoms with Crippen LogP contribution in [0.15, 0.2) is 6.20 Å². The van der Waals surface area contributed by atoms with E-state index in [1.165, 1.54) is 6.20 Å². The SMILES string of the molecule is Cc1[nH]c(C(=O)N[C@@H]2CCN(c3ncc(C(=O)O)s3)CC23OCCO3)c(Cl)c1Cl. The molecule has 2 saturated heterocycles. The van der Waals surface area contributed by atoms with Crippen molar-refractivity contribution in [3.63, 3.8) is 0 Å². The van der Waals surface area contributed by atoms with E-state index in [1.807, 2.05) is 4.90 Å². The van der Waals surface area contributed by atoms with Crippen LogP contribution in [0.3, 0.4) is 0 Å². The third-order valence-electron chi connectivity index (χ3n) is 4.97. The topological polar surface area (TPSA) is 117 Å². The Kier molecular flexibility index (Phi) is 5.47. The quantitative estimate of drug-likeness (QED) is 0.641. The van der Waals surface area contributed by atoms with E-state index >= 15 is 0 Å². The number of piperidine rings is 1. The molecular weight excluding hydrogens is 443 g/mol. The van der Waals surface area contributed by atoms with Crippen molar-refractivity contribution >= 4 is 51.5 Å². The molecule has 0 radical (unpaired) electrons. The number of aryl methyl sites for hydroxylation is 1. The lowest BCUT2D eigenvalue weighted by atomic mass is 9.97. The van der Waals surface area contributed by atoms with E-state index in [0.29, 0.717) is 48.6 Å². The molecule has 0 saturated carbocycles. The Bertz CT molecular complexity index is 956. The van der Waals surface area contributed by atoms with E-state index in [9.17, 15) is 9.59 Å². The number of carbonyl (C=O) groups is 2. The lowest BCUT2D eigenvalue weighted by molar-refractivity contribution is -0.177. The zero-order valence-corrected chi connectivity index (χ0v) is 17.7. The Balaban J connectivity index is 1.53. The fourth-order valence-electron chi connectivity index (χ4n) is 3.54. The van der Waals surface area contributed by atoms with Gasteiger partial charge in [-0.05, 0) is 13.3 Å². The highest BCUT2D eigenvalue weighted by Gasteiger charge is 2.50. The number of carboxylic acid groups (broad SMARTS) is 1. The van der Waals surface area contributed by atoms with Crippen LogP contribution in [0, 0.1) is 6.92 Å². The summed E-state index contributed by atoms with van der Waals surface area (Å²) in [5.41, 5.74) is 0.800. The van der Waals surface area contributed by atoms with Crippen LogP contribution in [-0.2, 0) is 9.47 Å². The van der Waals surface area contributed by atoms with Crippen LogP contribution < -0.4 is 10.2 Å². The summed E-state index contributed by atoms with van der Waals surface area (Å²) in [4.78, 5) is 33.1. The van der Waals surface area contributed by atoms with Gasteiger partial charge in [0.2, 0.25) is 5.79 Å². The van der Waals surface area contributed by atoms with Gasteiger partial charge in [-0.2, -0.15) is 0 Å². The van der Waals surface area contributed by atoms with Gasteiger partial charge in [-0.25, -0.2) is 9.78 Å². The van der Waals surface area contributed by atoms with Crippen molar-refractivity contribution in [2.24, 2.45) is 0 Å². The van der Waals surface area contributed by atoms with Crippen LogP contribution >= 0.6 is 34.5 Å². The zero-order valence-electron chi connectivity index (χ0n) is 15.3. The molecule has 2 fully saturated rings. The minimum Gasteiger partial charge on any atom is -0.477 e. The zero-order chi connectivity index (χ0) is 20.8. The van der Waals surface area contributed by atoms with Crippen molar-refractivity contribution in [3.8, 4) is 0 Å². The van der Waals surface area contributed by atoms with E-state index in [2.05, 4.69) is 15.3 Å². The number of H-pyrrole nitrogens is 1. The first-order valence-corrected chi connectivity index (χ1v) is 10.4. The average Bonchev–Trinajstić information content (AvgIpc) is 3.41. The van der Waals surface area contributed by atoms with Crippen LogP contribution in [0.1, 0.15) is 32.3 Å². The number of nitrogens with zero attached hydrogens (tertiary/aromatic N) is 2. The summed E-state index contributed by atoms with van der Waals surface area (Å²) >= 11 is 13.3. The summed E-state index contributed by atoms with van der Waals surface area (Å²) in [6.07, 6.45) is 1.84. The molecule has 1 spiro atoms. The number of amides is 1. The minimum atomic E-state index is -1.05. The fourth-order valence-corrected chi connectivity index (χ4v) is 4.73. The summed E-state index contributed by atoms with van der Waals surface area (Å²) in [6, 6.07) is -0.425. The number of hydrogen-bond acceptors (Lipinski definition) is 7. The van der Waals surface area contributed by atoms with E-state index in [-0.39, 0.29) is 15.6 Å². The number of anilines is 1. The summed E-state index contributed by atoms with van der Waals surface area (Å²) in [7, 11) is 0. The summed E-state index contributed by atoms with van der Waals surface area (Å²) in [6.45, 7) is 3.37. The van der Waals surface area contributed by atoms with Gasteiger partial charge in [-0.15, -0.1) is 0 Å². The normalized spacial score (nSPS) is 20.9. The third kappa shape index (κ3) is 3.71. The molecule has 156 valence electrons. The Hall–Kier alpha value is -1.85. The van der Waals surface area contributed by atoms with Gasteiger partial charge in [-0.1, -0.05) is 34.5 Å². The fraction of sp³-hybridized carbons (Fsp3) is 0.471. The number of nitrogens with one attached hydrogen (secondary N) is 2. The third-order valence-corrected chi connectivity index (χ3v) is 6.96. The van der Waals surface area contributed by atoms with Crippen molar-refractivity contribution in [2.45, 2.75) is 25.2 Å². The van der Waals surface area contributed by atoms with Crippen LogP contribution in [0.5, 0.6) is 0 Å². The molecule has 12 heteroatoms. The monoisotopic (exact) mass is 460 g/mol. The van der Waals surface area contributed by atoms with Crippen molar-refractivity contribution in [3.05, 3.63) is 32.5 Å². The van der Waals surface area contributed by atoms with Crippen molar-refractivity contribution < 1.29 is 24.2 Å². The molecule has 2 aliphatic heterocycles. The number of rotatable bonds is 4. The van der Waals surface area contributed by atoms with E-state index in [1.54, 1.807) is 6.92 Å². The van der Waals surface area contributed by atoms with Gasteiger partial charge in [0.15, 0.2) is 5.13 Å².